The molecule has 0 radical (unpaired) electrons. The fourth-order valence-electron chi connectivity index (χ4n) is 2.30. The van der Waals surface area contributed by atoms with Crippen LogP contribution in [0.25, 0.3) is 0 Å². The van der Waals surface area contributed by atoms with Crippen LogP contribution < -0.4 is 5.32 Å². The predicted molar refractivity (Wildman–Crippen MR) is 82.3 cm³/mol. The van der Waals surface area contributed by atoms with Crippen LogP contribution in [0.5, 0.6) is 0 Å². The Morgan fingerprint density at radius 1 is 1.45 bits per heavy atom. The number of nitrogens with zero attached hydrogens (tertiary/aromatic N) is 6. The largest absolute Gasteiger partial charge is 0.328 e. The van der Waals surface area contributed by atoms with Gasteiger partial charge < -0.3 is 10.2 Å². The van der Waals surface area contributed by atoms with E-state index in [4.69, 9.17) is 0 Å². The number of likely N-dealkylation sites (N-methyl/N-ethyl adjacent to an activating group) is 1. The van der Waals surface area contributed by atoms with E-state index in [0.717, 1.165) is 17.2 Å². The number of aromatic nitrogens is 5. The molecule has 0 aliphatic rings. The first-order valence-electron chi connectivity index (χ1n) is 7.25. The van der Waals surface area contributed by atoms with E-state index in [1.807, 2.05) is 31.5 Å². The Hall–Kier alpha value is -2.38. The Kier molecular flexibility index (Phi) is 4.79. The minimum absolute atomic E-state index is 0.142. The molecule has 2 heterocycles. The number of carbonyl (C=O) groups excluding carboxylic acids is 1. The van der Waals surface area contributed by atoms with Crippen molar-refractivity contribution in [1.29, 1.82) is 0 Å². The van der Waals surface area contributed by atoms with Crippen LogP contribution in [0.4, 0.5) is 4.79 Å². The highest BCUT2D eigenvalue weighted by Crippen LogP contribution is 2.07. The van der Waals surface area contributed by atoms with Crippen molar-refractivity contribution in [1.82, 2.24) is 34.8 Å². The number of urea groups is 1. The zero-order chi connectivity index (χ0) is 16.3. The summed E-state index contributed by atoms with van der Waals surface area (Å²) >= 11 is 0. The lowest BCUT2D eigenvalue weighted by Crippen LogP contribution is -2.40. The maximum absolute atomic E-state index is 12.2. The SMILES string of the molecule is Cc1cc(C)n(CCN(C)C(=O)NC(C)c2ncnn2C)n1. The summed E-state index contributed by atoms with van der Waals surface area (Å²) in [5, 5.41) is 11.3. The van der Waals surface area contributed by atoms with Gasteiger partial charge in [0.25, 0.3) is 0 Å². The van der Waals surface area contributed by atoms with E-state index in [-0.39, 0.29) is 12.1 Å². The summed E-state index contributed by atoms with van der Waals surface area (Å²) in [5.74, 6) is 0.722. The fraction of sp³-hybridized carbons (Fsp3) is 0.571. The fourth-order valence-corrected chi connectivity index (χ4v) is 2.30. The van der Waals surface area contributed by atoms with Crippen molar-refractivity contribution in [2.24, 2.45) is 7.05 Å². The van der Waals surface area contributed by atoms with Gasteiger partial charge in [0, 0.05) is 26.3 Å². The molecular weight excluding hydrogens is 282 g/mol. The maximum atomic E-state index is 12.2. The van der Waals surface area contributed by atoms with Crippen LogP contribution in [-0.4, -0.2) is 49.1 Å². The summed E-state index contributed by atoms with van der Waals surface area (Å²) in [6.07, 6.45) is 1.48. The molecule has 1 unspecified atom stereocenters. The number of hydrogen-bond acceptors (Lipinski definition) is 4. The number of nitrogens with one attached hydrogen (secondary N) is 1. The molecule has 120 valence electrons. The Morgan fingerprint density at radius 3 is 2.73 bits per heavy atom. The molecule has 22 heavy (non-hydrogen) atoms. The van der Waals surface area contributed by atoms with Crippen molar-refractivity contribution in [3.63, 3.8) is 0 Å². The van der Waals surface area contributed by atoms with Gasteiger partial charge in [-0.15, -0.1) is 0 Å². The van der Waals surface area contributed by atoms with Crippen LogP contribution in [-0.2, 0) is 13.6 Å². The molecule has 0 aliphatic carbocycles. The third-order valence-corrected chi connectivity index (χ3v) is 3.57. The molecule has 2 rings (SSSR count). The highest BCUT2D eigenvalue weighted by atomic mass is 16.2. The minimum atomic E-state index is -0.198. The van der Waals surface area contributed by atoms with Gasteiger partial charge >= 0.3 is 6.03 Å². The van der Waals surface area contributed by atoms with Gasteiger partial charge in [0.15, 0.2) is 0 Å². The summed E-state index contributed by atoms with van der Waals surface area (Å²) in [7, 11) is 3.57. The van der Waals surface area contributed by atoms with E-state index in [0.29, 0.717) is 13.1 Å². The van der Waals surface area contributed by atoms with Crippen molar-refractivity contribution in [2.45, 2.75) is 33.4 Å². The first-order valence-corrected chi connectivity index (χ1v) is 7.25. The molecule has 2 aromatic heterocycles. The summed E-state index contributed by atoms with van der Waals surface area (Å²) < 4.78 is 3.56. The molecule has 2 aromatic rings. The third kappa shape index (κ3) is 3.63. The highest BCUT2D eigenvalue weighted by molar-refractivity contribution is 5.74. The quantitative estimate of drug-likeness (QED) is 0.894. The second kappa shape index (κ2) is 6.59. The number of hydrogen-bond donors (Lipinski definition) is 1. The lowest BCUT2D eigenvalue weighted by Gasteiger charge is -2.21. The van der Waals surface area contributed by atoms with Gasteiger partial charge in [-0.25, -0.2) is 9.78 Å². The number of amides is 2. The van der Waals surface area contributed by atoms with Crippen molar-refractivity contribution in [2.75, 3.05) is 13.6 Å². The topological polar surface area (TPSA) is 80.9 Å². The zero-order valence-corrected chi connectivity index (χ0v) is 13.7. The second-order valence-electron chi connectivity index (χ2n) is 5.48. The van der Waals surface area contributed by atoms with E-state index >= 15 is 0 Å². The van der Waals surface area contributed by atoms with Crippen LogP contribution in [0, 0.1) is 13.8 Å². The maximum Gasteiger partial charge on any atom is 0.317 e. The Labute approximate surface area is 130 Å². The third-order valence-electron chi connectivity index (χ3n) is 3.57. The first kappa shape index (κ1) is 16.0. The van der Waals surface area contributed by atoms with Gasteiger partial charge in [0.1, 0.15) is 12.2 Å². The second-order valence-corrected chi connectivity index (χ2v) is 5.48. The van der Waals surface area contributed by atoms with Crippen molar-refractivity contribution in [3.8, 4) is 0 Å². The molecule has 8 heteroatoms. The van der Waals surface area contributed by atoms with Crippen LogP contribution in [0.15, 0.2) is 12.4 Å². The average molecular weight is 305 g/mol. The molecule has 0 fully saturated rings. The normalized spacial score (nSPS) is 12.2. The number of rotatable bonds is 5. The first-order chi connectivity index (χ1) is 10.4. The summed E-state index contributed by atoms with van der Waals surface area (Å²) in [6, 6.07) is 1.68. The van der Waals surface area contributed by atoms with Gasteiger partial charge in [-0.1, -0.05) is 0 Å². The molecule has 0 saturated heterocycles. The predicted octanol–water partition coefficient (Wildman–Crippen LogP) is 1.03. The summed E-state index contributed by atoms with van der Waals surface area (Å²) in [6.45, 7) is 7.11. The molecule has 0 aliphatic heterocycles. The molecule has 0 spiro atoms. The molecule has 2 amide bonds. The van der Waals surface area contributed by atoms with Crippen molar-refractivity contribution < 1.29 is 4.79 Å². The van der Waals surface area contributed by atoms with Gasteiger partial charge in [-0.2, -0.15) is 10.2 Å². The van der Waals surface area contributed by atoms with E-state index in [2.05, 4.69) is 20.5 Å². The van der Waals surface area contributed by atoms with Crippen molar-refractivity contribution in [3.05, 3.63) is 29.6 Å². The molecule has 1 N–H and O–H groups in total. The molecule has 1 atom stereocenters. The Balaban J connectivity index is 1.87. The number of carbonyl (C=O) groups is 1. The van der Waals surface area contributed by atoms with Crippen LogP contribution in [0.1, 0.15) is 30.2 Å². The monoisotopic (exact) mass is 305 g/mol. The minimum Gasteiger partial charge on any atom is -0.328 e. The van der Waals surface area contributed by atoms with Gasteiger partial charge in [0.05, 0.1) is 18.3 Å². The standard InChI is InChI=1S/C14H23N7O/c1-10-8-11(2)21(18-10)7-6-19(4)14(22)17-12(3)13-15-9-16-20(13)5/h8-9,12H,6-7H2,1-5H3,(H,17,22). The molecule has 0 bridgehead atoms. The Morgan fingerprint density at radius 2 is 2.18 bits per heavy atom. The van der Waals surface area contributed by atoms with Crippen molar-refractivity contribution >= 4 is 6.03 Å². The van der Waals surface area contributed by atoms with Gasteiger partial charge in [0.2, 0.25) is 0 Å². The molecular formula is C14H23N7O. The van der Waals surface area contributed by atoms with Gasteiger partial charge in [-0.3, -0.25) is 9.36 Å². The van der Waals surface area contributed by atoms with Crippen LogP contribution in [0.2, 0.25) is 0 Å². The smallest absolute Gasteiger partial charge is 0.317 e. The summed E-state index contributed by atoms with van der Waals surface area (Å²) in [4.78, 5) is 18.0. The van der Waals surface area contributed by atoms with Crippen LogP contribution in [0.3, 0.4) is 0 Å². The highest BCUT2D eigenvalue weighted by Gasteiger charge is 2.16. The molecule has 8 nitrogen and oxygen atoms in total. The molecule has 0 aromatic carbocycles. The Bertz CT molecular complexity index is 645. The lowest BCUT2D eigenvalue weighted by atomic mass is 10.3. The van der Waals surface area contributed by atoms with E-state index < -0.39 is 0 Å². The number of aryl methyl sites for hydroxylation is 3. The van der Waals surface area contributed by atoms with Crippen LogP contribution >= 0.6 is 0 Å². The van der Waals surface area contributed by atoms with E-state index in [1.54, 1.807) is 23.7 Å². The van der Waals surface area contributed by atoms with Gasteiger partial charge in [-0.05, 0) is 26.8 Å². The zero-order valence-electron chi connectivity index (χ0n) is 13.7. The molecule has 0 saturated carbocycles. The van der Waals surface area contributed by atoms with E-state index in [1.165, 1.54) is 6.33 Å². The van der Waals surface area contributed by atoms with E-state index in [9.17, 15) is 4.79 Å². The summed E-state index contributed by atoms with van der Waals surface area (Å²) in [5.41, 5.74) is 2.08. The lowest BCUT2D eigenvalue weighted by molar-refractivity contribution is 0.202. The average Bonchev–Trinajstić information content (AvgIpc) is 3.01.